The molecule has 1 saturated heterocycles. The highest BCUT2D eigenvalue weighted by Gasteiger charge is 2.41. The van der Waals surface area contributed by atoms with Crippen LogP contribution in [0.4, 0.5) is 0 Å². The van der Waals surface area contributed by atoms with Crippen LogP contribution in [0, 0.1) is 41.4 Å². The van der Waals surface area contributed by atoms with Crippen molar-refractivity contribution in [3.05, 3.63) is 0 Å². The summed E-state index contributed by atoms with van der Waals surface area (Å²) < 4.78 is 13.4. The second kappa shape index (κ2) is 28.4. The van der Waals surface area contributed by atoms with E-state index in [1.807, 2.05) is 0 Å². The molecular formula is C46H93NO2. The predicted octanol–water partition coefficient (Wildman–Crippen LogP) is 14.5. The Morgan fingerprint density at radius 2 is 0.816 bits per heavy atom. The standard InChI is InChI=1S/C46H93NO2/c1-38(2)21-15-13-12-14-16-23-40(5)25-19-29-43(8)31-34-46(48-37-45(49-46)33-36-47(10)11)35-32-44(9)30-20-28-42(7)27-18-26-41(6)24-17-22-39(3)4/h38-45H,12-37H2,1-11H3. The Bertz CT molecular complexity index is 737. The number of ether oxygens (including phenoxy) is 2. The molecule has 7 unspecified atom stereocenters. The quantitative estimate of drug-likeness (QED) is 0.0639. The highest BCUT2D eigenvalue weighted by atomic mass is 16.7. The smallest absolute Gasteiger partial charge is 0.168 e. The molecule has 3 nitrogen and oxygen atoms in total. The number of unbranched alkanes of at least 4 members (excludes halogenated alkanes) is 4. The molecule has 0 aromatic carbocycles. The van der Waals surface area contributed by atoms with E-state index in [2.05, 4.69) is 81.3 Å². The van der Waals surface area contributed by atoms with Gasteiger partial charge in [-0.05, 0) is 74.8 Å². The second-order valence-corrected chi connectivity index (χ2v) is 19.0. The topological polar surface area (TPSA) is 21.7 Å². The Hall–Kier alpha value is -0.120. The first kappa shape index (κ1) is 46.9. The molecule has 49 heavy (non-hydrogen) atoms. The van der Waals surface area contributed by atoms with Gasteiger partial charge in [0.25, 0.3) is 0 Å². The SMILES string of the molecule is CC(C)CCCCCCCC(C)CCCC(C)CCC1(CCC(C)CCCC(C)CCCC(C)CCCC(C)C)OCC(CCN(C)C)O1. The van der Waals surface area contributed by atoms with Crippen molar-refractivity contribution >= 4 is 0 Å². The fourth-order valence-electron chi connectivity index (χ4n) is 8.10. The molecule has 7 atom stereocenters. The van der Waals surface area contributed by atoms with E-state index in [0.29, 0.717) is 0 Å². The molecular weight excluding hydrogens is 599 g/mol. The zero-order valence-electron chi connectivity index (χ0n) is 35.8. The van der Waals surface area contributed by atoms with Crippen LogP contribution in [0.25, 0.3) is 0 Å². The molecule has 0 bridgehead atoms. The molecule has 0 saturated carbocycles. The summed E-state index contributed by atoms with van der Waals surface area (Å²) in [5.41, 5.74) is 0. The van der Waals surface area contributed by atoms with Gasteiger partial charge in [0.2, 0.25) is 0 Å². The average Bonchev–Trinajstić information content (AvgIpc) is 3.44. The predicted molar refractivity (Wildman–Crippen MR) is 218 cm³/mol. The maximum Gasteiger partial charge on any atom is 0.168 e. The lowest BCUT2D eigenvalue weighted by atomic mass is 9.88. The van der Waals surface area contributed by atoms with Crippen molar-refractivity contribution in [2.75, 3.05) is 27.2 Å². The number of rotatable bonds is 33. The second-order valence-electron chi connectivity index (χ2n) is 19.0. The highest BCUT2D eigenvalue weighted by Crippen LogP contribution is 2.37. The van der Waals surface area contributed by atoms with Gasteiger partial charge in [-0.25, -0.2) is 0 Å². The summed E-state index contributed by atoms with van der Waals surface area (Å²) in [5, 5.41) is 0. The Morgan fingerprint density at radius 1 is 0.469 bits per heavy atom. The minimum Gasteiger partial charge on any atom is -0.347 e. The maximum absolute atomic E-state index is 6.83. The molecule has 294 valence electrons. The van der Waals surface area contributed by atoms with Crippen molar-refractivity contribution in [2.45, 2.75) is 228 Å². The summed E-state index contributed by atoms with van der Waals surface area (Å²) in [6, 6.07) is 0. The number of hydrogen-bond donors (Lipinski definition) is 0. The van der Waals surface area contributed by atoms with Gasteiger partial charge >= 0.3 is 0 Å². The van der Waals surface area contributed by atoms with E-state index in [4.69, 9.17) is 9.47 Å². The van der Waals surface area contributed by atoms with Crippen molar-refractivity contribution in [3.8, 4) is 0 Å². The third kappa shape index (κ3) is 26.3. The van der Waals surface area contributed by atoms with Crippen LogP contribution in [0.3, 0.4) is 0 Å². The summed E-state index contributed by atoms with van der Waals surface area (Å²) in [7, 11) is 4.33. The van der Waals surface area contributed by atoms with Crippen LogP contribution in [0.5, 0.6) is 0 Å². The van der Waals surface area contributed by atoms with Crippen LogP contribution in [0.1, 0.15) is 216 Å². The Labute approximate surface area is 310 Å². The van der Waals surface area contributed by atoms with Gasteiger partial charge in [-0.1, -0.05) is 184 Å². The van der Waals surface area contributed by atoms with Gasteiger partial charge in [-0.15, -0.1) is 0 Å². The van der Waals surface area contributed by atoms with E-state index in [1.54, 1.807) is 0 Å². The molecule has 0 aromatic rings. The summed E-state index contributed by atoms with van der Waals surface area (Å²) in [4.78, 5) is 2.28. The monoisotopic (exact) mass is 692 g/mol. The molecule has 0 N–H and O–H groups in total. The molecule has 0 spiro atoms. The molecule has 3 heteroatoms. The van der Waals surface area contributed by atoms with Gasteiger partial charge in [0, 0.05) is 19.4 Å². The summed E-state index contributed by atoms with van der Waals surface area (Å²) in [6.45, 7) is 23.7. The summed E-state index contributed by atoms with van der Waals surface area (Å²) in [6.07, 6.45) is 32.7. The number of hydrogen-bond acceptors (Lipinski definition) is 3. The van der Waals surface area contributed by atoms with Crippen LogP contribution in [-0.2, 0) is 9.47 Å². The van der Waals surface area contributed by atoms with Gasteiger partial charge in [0.1, 0.15) is 0 Å². The van der Waals surface area contributed by atoms with Crippen LogP contribution in [-0.4, -0.2) is 44.0 Å². The van der Waals surface area contributed by atoms with E-state index in [-0.39, 0.29) is 11.9 Å². The molecule has 1 heterocycles. The first-order valence-corrected chi connectivity index (χ1v) is 22.3. The average molecular weight is 692 g/mol. The number of nitrogens with zero attached hydrogens (tertiary/aromatic N) is 1. The van der Waals surface area contributed by atoms with E-state index in [1.165, 1.54) is 135 Å². The van der Waals surface area contributed by atoms with E-state index >= 15 is 0 Å². The van der Waals surface area contributed by atoms with E-state index < -0.39 is 0 Å². The molecule has 0 aliphatic carbocycles. The molecule has 1 aliphatic heterocycles. The van der Waals surface area contributed by atoms with E-state index in [0.717, 1.165) is 73.8 Å². The van der Waals surface area contributed by atoms with Crippen LogP contribution < -0.4 is 0 Å². The zero-order valence-corrected chi connectivity index (χ0v) is 35.8. The first-order valence-electron chi connectivity index (χ1n) is 22.3. The van der Waals surface area contributed by atoms with Gasteiger partial charge in [0.15, 0.2) is 5.79 Å². The van der Waals surface area contributed by atoms with Crippen LogP contribution >= 0.6 is 0 Å². The maximum atomic E-state index is 6.83. The molecule has 1 aliphatic rings. The van der Waals surface area contributed by atoms with Gasteiger partial charge in [-0.3, -0.25) is 0 Å². The molecule has 1 rings (SSSR count). The van der Waals surface area contributed by atoms with Crippen molar-refractivity contribution < 1.29 is 9.47 Å². The van der Waals surface area contributed by atoms with Crippen LogP contribution in [0.15, 0.2) is 0 Å². The van der Waals surface area contributed by atoms with Gasteiger partial charge < -0.3 is 14.4 Å². The van der Waals surface area contributed by atoms with Crippen molar-refractivity contribution in [1.29, 1.82) is 0 Å². The summed E-state index contributed by atoms with van der Waals surface area (Å²) in [5.74, 6) is 5.53. The molecule has 0 aromatic heterocycles. The lowest BCUT2D eigenvalue weighted by Gasteiger charge is -2.31. The Balaban J connectivity index is 2.37. The third-order valence-corrected chi connectivity index (χ3v) is 12.0. The summed E-state index contributed by atoms with van der Waals surface area (Å²) >= 11 is 0. The molecule has 0 amide bonds. The zero-order chi connectivity index (χ0) is 36.5. The third-order valence-electron chi connectivity index (χ3n) is 12.0. The van der Waals surface area contributed by atoms with Gasteiger partial charge in [-0.2, -0.15) is 0 Å². The van der Waals surface area contributed by atoms with Crippen LogP contribution in [0.2, 0.25) is 0 Å². The lowest BCUT2D eigenvalue weighted by Crippen LogP contribution is -2.33. The fraction of sp³-hybridized carbons (Fsp3) is 1.00. The fourth-order valence-corrected chi connectivity index (χ4v) is 8.10. The van der Waals surface area contributed by atoms with Crippen molar-refractivity contribution in [1.82, 2.24) is 4.90 Å². The molecule has 0 radical (unpaired) electrons. The van der Waals surface area contributed by atoms with E-state index in [9.17, 15) is 0 Å². The van der Waals surface area contributed by atoms with Crippen molar-refractivity contribution in [3.63, 3.8) is 0 Å². The minimum atomic E-state index is -0.346. The Morgan fingerprint density at radius 3 is 1.24 bits per heavy atom. The minimum absolute atomic E-state index is 0.253. The van der Waals surface area contributed by atoms with Crippen molar-refractivity contribution in [2.24, 2.45) is 41.4 Å². The lowest BCUT2D eigenvalue weighted by molar-refractivity contribution is -0.182. The molecule has 1 fully saturated rings. The highest BCUT2D eigenvalue weighted by molar-refractivity contribution is 4.82. The Kier molecular flexibility index (Phi) is 27.2. The normalized spacial score (nSPS) is 21.6. The first-order chi connectivity index (χ1) is 23.3. The largest absolute Gasteiger partial charge is 0.347 e. The van der Waals surface area contributed by atoms with Gasteiger partial charge in [0.05, 0.1) is 12.7 Å².